The van der Waals surface area contributed by atoms with Crippen LogP contribution in [0.2, 0.25) is 0 Å². The fraction of sp³-hybridized carbons (Fsp3) is 0.867. The van der Waals surface area contributed by atoms with E-state index in [1.807, 2.05) is 27.9 Å². The highest BCUT2D eigenvalue weighted by molar-refractivity contribution is 5.78. The molecule has 238 valence electrons. The highest BCUT2D eigenvalue weighted by atomic mass is 16.7. The lowest BCUT2D eigenvalue weighted by Gasteiger charge is -2.46. The van der Waals surface area contributed by atoms with Crippen molar-refractivity contribution in [3.05, 3.63) is 12.2 Å². The number of amides is 1. The Balaban J connectivity index is 2.41. The number of hydrogen-bond donors (Lipinski definition) is 3. The molecule has 0 saturated carbocycles. The Morgan fingerprint density at radius 2 is 1.90 bits per heavy atom. The Hall–Kier alpha value is -1.60. The fourth-order valence-corrected chi connectivity index (χ4v) is 5.16. The van der Waals surface area contributed by atoms with Crippen LogP contribution < -0.4 is 5.32 Å². The minimum Gasteiger partial charge on any atom is -0.462 e. The van der Waals surface area contributed by atoms with Gasteiger partial charge in [0.05, 0.1) is 55.6 Å². The second kappa shape index (κ2) is 15.2. The maximum absolute atomic E-state index is 12.9. The van der Waals surface area contributed by atoms with E-state index in [0.29, 0.717) is 12.0 Å². The Morgan fingerprint density at radius 1 is 1.24 bits per heavy atom. The van der Waals surface area contributed by atoms with Crippen LogP contribution in [0.25, 0.3) is 0 Å². The zero-order valence-electron chi connectivity index (χ0n) is 26.5. The average molecular weight is 587 g/mol. The van der Waals surface area contributed by atoms with Crippen molar-refractivity contribution in [1.29, 1.82) is 0 Å². The van der Waals surface area contributed by atoms with Crippen molar-refractivity contribution >= 4 is 11.9 Å². The van der Waals surface area contributed by atoms with E-state index in [9.17, 15) is 19.8 Å². The van der Waals surface area contributed by atoms with E-state index in [-0.39, 0.29) is 56.9 Å². The van der Waals surface area contributed by atoms with Crippen molar-refractivity contribution in [2.24, 2.45) is 17.8 Å². The number of carbonyl (C=O) groups excluding carboxylic acids is 2. The molecule has 0 aromatic carbocycles. The first-order chi connectivity index (χ1) is 18.9. The van der Waals surface area contributed by atoms with Crippen LogP contribution in [0, 0.1) is 17.8 Å². The van der Waals surface area contributed by atoms with Gasteiger partial charge in [0.2, 0.25) is 5.91 Å². The molecule has 9 atom stereocenters. The molecule has 0 aromatic heterocycles. The number of carbonyl (C=O) groups is 2. The van der Waals surface area contributed by atoms with E-state index in [2.05, 4.69) is 16.8 Å². The van der Waals surface area contributed by atoms with Crippen molar-refractivity contribution in [3.63, 3.8) is 0 Å². The molecule has 2 rings (SSSR count). The Labute approximate surface area is 245 Å². The maximum Gasteiger partial charge on any atom is 0.311 e. The number of aliphatic hydroxyl groups is 2. The number of rotatable bonds is 10. The molecule has 2 heterocycles. The second-order valence-electron chi connectivity index (χ2n) is 13.1. The van der Waals surface area contributed by atoms with Gasteiger partial charge in [-0.25, -0.2) is 0 Å². The summed E-state index contributed by atoms with van der Waals surface area (Å²) in [6, 6.07) is 0.221. The lowest BCUT2D eigenvalue weighted by molar-refractivity contribution is -0.270. The van der Waals surface area contributed by atoms with Gasteiger partial charge in [0, 0.05) is 24.9 Å². The molecule has 0 bridgehead atoms. The van der Waals surface area contributed by atoms with Crippen LogP contribution in [0.1, 0.15) is 61.3 Å². The molecule has 11 nitrogen and oxygen atoms in total. The Bertz CT molecular complexity index is 877. The van der Waals surface area contributed by atoms with Crippen molar-refractivity contribution in [3.8, 4) is 0 Å². The molecule has 0 radical (unpaired) electrons. The number of esters is 1. The second-order valence-corrected chi connectivity index (χ2v) is 13.1. The molecule has 2 fully saturated rings. The molecule has 2 aliphatic rings. The first kappa shape index (κ1) is 35.6. The topological polar surface area (TPSA) is 136 Å². The van der Waals surface area contributed by atoms with Gasteiger partial charge in [-0.3, -0.25) is 9.59 Å². The van der Waals surface area contributed by atoms with Crippen LogP contribution in [0.5, 0.6) is 0 Å². The van der Waals surface area contributed by atoms with Crippen LogP contribution in [0.4, 0.5) is 0 Å². The molecule has 41 heavy (non-hydrogen) atoms. The van der Waals surface area contributed by atoms with E-state index in [4.69, 9.17) is 23.7 Å². The molecular weight excluding hydrogens is 532 g/mol. The molecule has 5 unspecified atom stereocenters. The summed E-state index contributed by atoms with van der Waals surface area (Å²) in [5.74, 6) is -2.81. The van der Waals surface area contributed by atoms with Gasteiger partial charge in [0.25, 0.3) is 0 Å². The molecule has 0 aliphatic carbocycles. The van der Waals surface area contributed by atoms with Gasteiger partial charge in [0.15, 0.2) is 6.29 Å². The van der Waals surface area contributed by atoms with Crippen LogP contribution in [-0.2, 0) is 33.3 Å². The van der Waals surface area contributed by atoms with Gasteiger partial charge in [-0.15, -0.1) is 0 Å². The lowest BCUT2D eigenvalue weighted by atomic mass is 9.81. The Morgan fingerprint density at radius 3 is 2.51 bits per heavy atom. The van der Waals surface area contributed by atoms with E-state index >= 15 is 0 Å². The van der Waals surface area contributed by atoms with Crippen molar-refractivity contribution in [1.82, 2.24) is 10.2 Å². The van der Waals surface area contributed by atoms with Gasteiger partial charge in [-0.1, -0.05) is 20.4 Å². The predicted octanol–water partition coefficient (Wildman–Crippen LogP) is 1.89. The summed E-state index contributed by atoms with van der Waals surface area (Å²) in [6.07, 6.45) is -1.23. The number of aliphatic hydroxyl groups excluding tert-OH is 1. The number of ether oxygens (including phenoxy) is 5. The van der Waals surface area contributed by atoms with Gasteiger partial charge >= 0.3 is 5.97 Å². The maximum atomic E-state index is 12.9. The zero-order chi connectivity index (χ0) is 31.1. The lowest BCUT2D eigenvalue weighted by Crippen LogP contribution is -2.59. The third-order valence-corrected chi connectivity index (χ3v) is 7.89. The molecule has 2 saturated heterocycles. The summed E-state index contributed by atoms with van der Waals surface area (Å²) in [5.41, 5.74) is -1.64. The normalized spacial score (nSPS) is 31.9. The van der Waals surface area contributed by atoms with Crippen molar-refractivity contribution in [2.75, 3.05) is 47.1 Å². The third kappa shape index (κ3) is 10.9. The third-order valence-electron chi connectivity index (χ3n) is 7.89. The van der Waals surface area contributed by atoms with Crippen LogP contribution >= 0.6 is 0 Å². The standard InChI is InChI=1S/C30H54N2O9/c1-18-13-37-15-19(2)27(34)31-16-30(8,39-14-18)26(41-24-12-23(32(9)10)11-20(3)40-24)21(4)25(33)22(5)28(35)38-17-29(6,7)36/h19-26,33,36H,1,11-17H2,2-10H3,(H,31,34)/t19?,20?,21-,22?,23?,24?,25-,26+,30+/m0/s1. The first-order valence-corrected chi connectivity index (χ1v) is 14.6. The van der Waals surface area contributed by atoms with E-state index in [0.717, 1.165) is 6.42 Å². The molecule has 0 spiro atoms. The van der Waals surface area contributed by atoms with Crippen LogP contribution in [0.3, 0.4) is 0 Å². The smallest absolute Gasteiger partial charge is 0.311 e. The van der Waals surface area contributed by atoms with E-state index in [1.54, 1.807) is 20.8 Å². The number of nitrogens with zero attached hydrogens (tertiary/aromatic N) is 1. The first-order valence-electron chi connectivity index (χ1n) is 14.6. The Kier molecular flexibility index (Phi) is 13.2. The van der Waals surface area contributed by atoms with Gasteiger partial charge in [-0.2, -0.15) is 0 Å². The average Bonchev–Trinajstić information content (AvgIpc) is 2.91. The summed E-state index contributed by atoms with van der Waals surface area (Å²) in [5, 5.41) is 24.4. The van der Waals surface area contributed by atoms with Gasteiger partial charge < -0.3 is 44.1 Å². The quantitative estimate of drug-likeness (QED) is 0.257. The highest BCUT2D eigenvalue weighted by Crippen LogP contribution is 2.34. The van der Waals surface area contributed by atoms with Crippen molar-refractivity contribution < 1.29 is 43.5 Å². The highest BCUT2D eigenvalue weighted by Gasteiger charge is 2.47. The largest absolute Gasteiger partial charge is 0.462 e. The summed E-state index contributed by atoms with van der Waals surface area (Å²) >= 11 is 0. The van der Waals surface area contributed by atoms with Crippen LogP contribution in [-0.4, -0.2) is 116 Å². The van der Waals surface area contributed by atoms with Gasteiger partial charge in [-0.05, 0) is 60.7 Å². The molecule has 1 amide bonds. The van der Waals surface area contributed by atoms with Crippen molar-refractivity contribution in [2.45, 2.75) is 103 Å². The summed E-state index contributed by atoms with van der Waals surface area (Å²) in [6.45, 7) is 16.6. The summed E-state index contributed by atoms with van der Waals surface area (Å²) < 4.78 is 30.2. The van der Waals surface area contributed by atoms with Gasteiger partial charge in [0.1, 0.15) is 12.2 Å². The summed E-state index contributed by atoms with van der Waals surface area (Å²) in [7, 11) is 4.04. The molecular formula is C30H54N2O9. The molecule has 0 aromatic rings. The minimum atomic E-state index is -1.20. The van der Waals surface area contributed by atoms with Crippen LogP contribution in [0.15, 0.2) is 12.2 Å². The number of nitrogens with one attached hydrogen (secondary N) is 1. The summed E-state index contributed by atoms with van der Waals surface area (Å²) in [4.78, 5) is 27.8. The fourth-order valence-electron chi connectivity index (χ4n) is 5.16. The van der Waals surface area contributed by atoms with E-state index in [1.165, 1.54) is 13.8 Å². The number of hydrogen-bond acceptors (Lipinski definition) is 10. The zero-order valence-corrected chi connectivity index (χ0v) is 26.5. The molecule has 11 heteroatoms. The predicted molar refractivity (Wildman–Crippen MR) is 154 cm³/mol. The molecule has 3 N–H and O–H groups in total. The monoisotopic (exact) mass is 586 g/mol. The van der Waals surface area contributed by atoms with E-state index < -0.39 is 47.5 Å². The SMILES string of the molecule is C=C1COCC(C)C(=O)NC[C@](C)([C@H](OC2CC(N(C)C)CC(C)O2)[C@@H](C)[C@H](O)C(C)C(=O)OCC(C)(C)O)OC1. The molecule has 2 aliphatic heterocycles. The minimum absolute atomic E-state index is 0.0588.